The number of nitro groups is 1. The van der Waals surface area contributed by atoms with Gasteiger partial charge in [-0.2, -0.15) is 0 Å². The van der Waals surface area contributed by atoms with Crippen molar-refractivity contribution in [3.8, 4) is 0 Å². The maximum absolute atomic E-state index is 10.4. The minimum atomic E-state index is -0.622. The Balaban J connectivity index is 1.92. The van der Waals surface area contributed by atoms with Crippen LogP contribution >= 0.6 is 0 Å². The van der Waals surface area contributed by atoms with E-state index in [0.29, 0.717) is 12.4 Å². The van der Waals surface area contributed by atoms with Crippen molar-refractivity contribution in [2.24, 2.45) is 0 Å². The number of aliphatic hydroxyl groups is 1. The van der Waals surface area contributed by atoms with Crippen LogP contribution < -0.4 is 5.32 Å². The molecule has 0 unspecified atom stereocenters. The smallest absolute Gasteiger partial charge is 0.287 e. The molecule has 2 N–H and O–H groups in total. The van der Waals surface area contributed by atoms with Crippen LogP contribution in [0.4, 0.5) is 11.5 Å². The third kappa shape index (κ3) is 2.27. The van der Waals surface area contributed by atoms with Gasteiger partial charge in [-0.1, -0.05) is 0 Å². The first-order chi connectivity index (χ1) is 7.59. The fourth-order valence-corrected chi connectivity index (χ4v) is 1.62. The van der Waals surface area contributed by atoms with Gasteiger partial charge in [-0.05, 0) is 25.3 Å². The van der Waals surface area contributed by atoms with E-state index in [1.165, 1.54) is 12.3 Å². The molecule has 0 amide bonds. The average Bonchev–Trinajstić information content (AvgIpc) is 2.24. The highest BCUT2D eigenvalue weighted by molar-refractivity contribution is 5.40. The van der Waals surface area contributed by atoms with Gasteiger partial charge in [0.2, 0.25) is 0 Å². The van der Waals surface area contributed by atoms with Gasteiger partial charge >= 0.3 is 0 Å². The number of anilines is 1. The zero-order valence-corrected chi connectivity index (χ0v) is 8.72. The number of hydrogen-bond acceptors (Lipinski definition) is 5. The third-order valence-corrected chi connectivity index (χ3v) is 2.84. The van der Waals surface area contributed by atoms with E-state index in [0.717, 1.165) is 19.3 Å². The molecule has 1 aliphatic carbocycles. The molecule has 1 saturated carbocycles. The van der Waals surface area contributed by atoms with Crippen molar-refractivity contribution in [3.05, 3.63) is 28.4 Å². The van der Waals surface area contributed by atoms with Crippen LogP contribution in [0.1, 0.15) is 19.3 Å². The SMILES string of the molecule is O=[N+]([O-])c1ccc(NCC2(O)CCC2)nc1. The lowest BCUT2D eigenvalue weighted by Gasteiger charge is -2.36. The van der Waals surface area contributed by atoms with Gasteiger partial charge in [0.1, 0.15) is 12.0 Å². The lowest BCUT2D eigenvalue weighted by Crippen LogP contribution is -2.43. The quantitative estimate of drug-likeness (QED) is 0.593. The summed E-state index contributed by atoms with van der Waals surface area (Å²) in [5.74, 6) is 0.547. The molecule has 1 aliphatic rings. The third-order valence-electron chi connectivity index (χ3n) is 2.84. The van der Waals surface area contributed by atoms with E-state index in [1.54, 1.807) is 6.07 Å². The first kappa shape index (κ1) is 10.8. The lowest BCUT2D eigenvalue weighted by atomic mass is 9.80. The molecule has 0 radical (unpaired) electrons. The summed E-state index contributed by atoms with van der Waals surface area (Å²) in [4.78, 5) is 13.8. The van der Waals surface area contributed by atoms with Gasteiger partial charge in [-0.25, -0.2) is 4.98 Å². The predicted octanol–water partition coefficient (Wildman–Crippen LogP) is 1.32. The molecule has 1 heterocycles. The first-order valence-electron chi connectivity index (χ1n) is 5.16. The maximum atomic E-state index is 10.4. The molecular weight excluding hydrogens is 210 g/mol. The zero-order valence-electron chi connectivity index (χ0n) is 8.72. The zero-order chi connectivity index (χ0) is 11.6. The van der Waals surface area contributed by atoms with Crippen LogP contribution in [-0.2, 0) is 0 Å². The fraction of sp³-hybridized carbons (Fsp3) is 0.500. The second-order valence-corrected chi connectivity index (χ2v) is 4.09. The molecule has 0 atom stereocenters. The van der Waals surface area contributed by atoms with Crippen molar-refractivity contribution in [2.75, 3.05) is 11.9 Å². The Morgan fingerprint density at radius 1 is 1.56 bits per heavy atom. The van der Waals surface area contributed by atoms with E-state index in [1.807, 2.05) is 0 Å². The molecule has 2 rings (SSSR count). The van der Waals surface area contributed by atoms with Crippen molar-refractivity contribution in [2.45, 2.75) is 24.9 Å². The molecule has 16 heavy (non-hydrogen) atoms. The highest BCUT2D eigenvalue weighted by Crippen LogP contribution is 2.31. The van der Waals surface area contributed by atoms with Gasteiger partial charge in [0.15, 0.2) is 0 Å². The van der Waals surface area contributed by atoms with Crippen LogP contribution in [0.2, 0.25) is 0 Å². The fourth-order valence-electron chi connectivity index (χ4n) is 1.62. The van der Waals surface area contributed by atoms with Crippen LogP contribution in [0, 0.1) is 10.1 Å². The molecule has 0 bridgehead atoms. The lowest BCUT2D eigenvalue weighted by molar-refractivity contribution is -0.385. The summed E-state index contributed by atoms with van der Waals surface area (Å²) in [6.45, 7) is 0.442. The van der Waals surface area contributed by atoms with Crippen LogP contribution in [0.5, 0.6) is 0 Å². The van der Waals surface area contributed by atoms with Gasteiger partial charge in [-0.15, -0.1) is 0 Å². The Morgan fingerprint density at radius 2 is 2.31 bits per heavy atom. The van der Waals surface area contributed by atoms with Gasteiger partial charge in [0.25, 0.3) is 5.69 Å². The number of aromatic nitrogens is 1. The number of rotatable bonds is 4. The van der Waals surface area contributed by atoms with Crippen molar-refractivity contribution in [1.82, 2.24) is 4.98 Å². The summed E-state index contributed by atoms with van der Waals surface area (Å²) < 4.78 is 0. The van der Waals surface area contributed by atoms with Crippen molar-refractivity contribution >= 4 is 11.5 Å². The van der Waals surface area contributed by atoms with E-state index < -0.39 is 10.5 Å². The number of hydrogen-bond donors (Lipinski definition) is 2. The molecule has 86 valence electrons. The number of pyridine rings is 1. The molecule has 0 spiro atoms. The standard InChI is InChI=1S/C10H13N3O3/c14-10(4-1-5-10)7-12-9-3-2-8(6-11-9)13(15)16/h2-3,6,14H,1,4-5,7H2,(H,11,12). The molecule has 1 aromatic heterocycles. The summed E-state index contributed by atoms with van der Waals surface area (Å²) in [6, 6.07) is 2.93. The van der Waals surface area contributed by atoms with E-state index in [4.69, 9.17) is 0 Å². The van der Waals surface area contributed by atoms with Crippen molar-refractivity contribution in [3.63, 3.8) is 0 Å². The largest absolute Gasteiger partial charge is 0.388 e. The summed E-state index contributed by atoms with van der Waals surface area (Å²) in [6.07, 6.45) is 3.85. The summed E-state index contributed by atoms with van der Waals surface area (Å²) in [5, 5.41) is 23.2. The molecule has 0 aromatic carbocycles. The molecule has 0 saturated heterocycles. The number of nitrogens with one attached hydrogen (secondary N) is 1. The second kappa shape index (κ2) is 4.05. The van der Waals surface area contributed by atoms with E-state index in [9.17, 15) is 15.2 Å². The Labute approximate surface area is 92.5 Å². The van der Waals surface area contributed by atoms with Gasteiger partial charge < -0.3 is 10.4 Å². The van der Waals surface area contributed by atoms with Crippen LogP contribution in [-0.4, -0.2) is 27.2 Å². The number of nitrogens with zero attached hydrogens (tertiary/aromatic N) is 2. The van der Waals surface area contributed by atoms with Crippen LogP contribution in [0.3, 0.4) is 0 Å². The Morgan fingerprint density at radius 3 is 2.75 bits per heavy atom. The minimum absolute atomic E-state index is 0.0343. The predicted molar refractivity (Wildman–Crippen MR) is 58.2 cm³/mol. The van der Waals surface area contributed by atoms with Crippen LogP contribution in [0.15, 0.2) is 18.3 Å². The average molecular weight is 223 g/mol. The highest BCUT2D eigenvalue weighted by Gasteiger charge is 2.33. The Hall–Kier alpha value is -1.69. The second-order valence-electron chi connectivity index (χ2n) is 4.09. The van der Waals surface area contributed by atoms with Gasteiger partial charge in [0, 0.05) is 12.6 Å². The molecule has 6 heteroatoms. The monoisotopic (exact) mass is 223 g/mol. The van der Waals surface area contributed by atoms with E-state index in [-0.39, 0.29) is 5.69 Å². The first-order valence-corrected chi connectivity index (χ1v) is 5.16. The summed E-state index contributed by atoms with van der Waals surface area (Å²) in [5.41, 5.74) is -0.656. The van der Waals surface area contributed by atoms with Crippen LogP contribution in [0.25, 0.3) is 0 Å². The molecule has 1 aromatic rings. The van der Waals surface area contributed by atoms with Crippen molar-refractivity contribution < 1.29 is 10.0 Å². The minimum Gasteiger partial charge on any atom is -0.388 e. The van der Waals surface area contributed by atoms with E-state index in [2.05, 4.69) is 10.3 Å². The van der Waals surface area contributed by atoms with Gasteiger partial charge in [0.05, 0.1) is 10.5 Å². The highest BCUT2D eigenvalue weighted by atomic mass is 16.6. The molecule has 1 fully saturated rings. The molecular formula is C10H13N3O3. The Kier molecular flexibility index (Phi) is 2.74. The molecule has 0 aliphatic heterocycles. The Bertz CT molecular complexity index is 387. The van der Waals surface area contributed by atoms with Crippen molar-refractivity contribution in [1.29, 1.82) is 0 Å². The summed E-state index contributed by atoms with van der Waals surface area (Å²) >= 11 is 0. The topological polar surface area (TPSA) is 88.3 Å². The van der Waals surface area contributed by atoms with E-state index >= 15 is 0 Å². The maximum Gasteiger partial charge on any atom is 0.287 e. The normalized spacial score (nSPS) is 17.6. The van der Waals surface area contributed by atoms with Gasteiger partial charge in [-0.3, -0.25) is 10.1 Å². The summed E-state index contributed by atoms with van der Waals surface area (Å²) in [7, 11) is 0. The molecule has 6 nitrogen and oxygen atoms in total.